The molecular formula is C13H14O3. The molecule has 1 unspecified atom stereocenters. The van der Waals surface area contributed by atoms with Gasteiger partial charge in [-0.25, -0.2) is 0 Å². The molecule has 3 heteroatoms. The molecule has 0 radical (unpaired) electrons. The van der Waals surface area contributed by atoms with Gasteiger partial charge in [0.25, 0.3) is 0 Å². The van der Waals surface area contributed by atoms with Gasteiger partial charge in [-0.3, -0.25) is 0 Å². The Morgan fingerprint density at radius 1 is 1.12 bits per heavy atom. The van der Waals surface area contributed by atoms with Crippen LogP contribution in [0.3, 0.4) is 0 Å². The highest BCUT2D eigenvalue weighted by molar-refractivity contribution is 5.26. The average molecular weight is 218 g/mol. The normalized spacial score (nSPS) is 12.6. The van der Waals surface area contributed by atoms with Crippen LogP contribution < -0.4 is 0 Å². The van der Waals surface area contributed by atoms with E-state index in [-0.39, 0.29) is 5.75 Å². The fourth-order valence-electron chi connectivity index (χ4n) is 1.59. The van der Waals surface area contributed by atoms with Gasteiger partial charge in [0.1, 0.15) is 23.4 Å². The van der Waals surface area contributed by atoms with E-state index in [2.05, 4.69) is 0 Å². The molecule has 0 fully saturated rings. The standard InChI is InChI=1S/C13H14O3/c1-9-2-7-13(16-9)12(15)8-10-3-5-11(14)6-4-10/h2-7,12,14-15H,8H2,1H3. The summed E-state index contributed by atoms with van der Waals surface area (Å²) in [5, 5.41) is 19.0. The van der Waals surface area contributed by atoms with Crippen LogP contribution in [0, 0.1) is 6.92 Å². The fourth-order valence-corrected chi connectivity index (χ4v) is 1.59. The predicted molar refractivity (Wildman–Crippen MR) is 60.2 cm³/mol. The zero-order valence-electron chi connectivity index (χ0n) is 9.05. The van der Waals surface area contributed by atoms with Crippen LogP contribution in [0.5, 0.6) is 5.75 Å². The van der Waals surface area contributed by atoms with Crippen LogP contribution in [0.25, 0.3) is 0 Å². The molecule has 1 aromatic carbocycles. The minimum absolute atomic E-state index is 0.229. The van der Waals surface area contributed by atoms with Crippen molar-refractivity contribution in [3.05, 3.63) is 53.5 Å². The van der Waals surface area contributed by atoms with Gasteiger partial charge in [-0.15, -0.1) is 0 Å². The van der Waals surface area contributed by atoms with E-state index in [0.29, 0.717) is 12.2 Å². The van der Waals surface area contributed by atoms with Crippen LogP contribution in [-0.2, 0) is 6.42 Å². The predicted octanol–water partition coefficient (Wildman–Crippen LogP) is 2.57. The van der Waals surface area contributed by atoms with Crippen LogP contribution in [0.4, 0.5) is 0 Å². The molecule has 0 saturated carbocycles. The summed E-state index contributed by atoms with van der Waals surface area (Å²) in [5.41, 5.74) is 0.958. The Labute approximate surface area is 94.0 Å². The van der Waals surface area contributed by atoms with Crippen LogP contribution in [-0.4, -0.2) is 10.2 Å². The zero-order valence-corrected chi connectivity index (χ0v) is 9.05. The molecule has 1 aromatic heterocycles. The topological polar surface area (TPSA) is 53.6 Å². The summed E-state index contributed by atoms with van der Waals surface area (Å²) in [5.74, 6) is 1.59. The quantitative estimate of drug-likeness (QED) is 0.832. The van der Waals surface area contributed by atoms with Gasteiger partial charge in [0, 0.05) is 6.42 Å². The molecule has 2 N–H and O–H groups in total. The number of phenolic OH excluding ortho intramolecular Hbond substituents is 1. The first-order chi connectivity index (χ1) is 7.65. The van der Waals surface area contributed by atoms with Crippen molar-refractivity contribution in [1.82, 2.24) is 0 Å². The van der Waals surface area contributed by atoms with Gasteiger partial charge in [0.05, 0.1) is 0 Å². The second-order valence-electron chi connectivity index (χ2n) is 3.83. The highest BCUT2D eigenvalue weighted by Crippen LogP contribution is 2.21. The van der Waals surface area contributed by atoms with Crippen LogP contribution in [0.2, 0.25) is 0 Å². The molecule has 1 heterocycles. The van der Waals surface area contributed by atoms with Gasteiger partial charge in [0.2, 0.25) is 0 Å². The van der Waals surface area contributed by atoms with Gasteiger partial charge in [-0.05, 0) is 36.8 Å². The van der Waals surface area contributed by atoms with E-state index in [9.17, 15) is 5.11 Å². The van der Waals surface area contributed by atoms with E-state index in [4.69, 9.17) is 9.52 Å². The van der Waals surface area contributed by atoms with E-state index >= 15 is 0 Å². The Morgan fingerprint density at radius 2 is 1.81 bits per heavy atom. The second-order valence-corrected chi connectivity index (χ2v) is 3.83. The Hall–Kier alpha value is -1.74. The largest absolute Gasteiger partial charge is 0.508 e. The molecule has 0 aliphatic heterocycles. The van der Waals surface area contributed by atoms with Gasteiger partial charge >= 0.3 is 0 Å². The number of aromatic hydroxyl groups is 1. The van der Waals surface area contributed by atoms with Crippen molar-refractivity contribution in [2.24, 2.45) is 0 Å². The molecule has 84 valence electrons. The highest BCUT2D eigenvalue weighted by atomic mass is 16.4. The number of aliphatic hydroxyl groups is 1. The van der Waals surface area contributed by atoms with E-state index in [1.807, 2.05) is 13.0 Å². The molecule has 0 spiro atoms. The summed E-state index contributed by atoms with van der Waals surface area (Å²) in [7, 11) is 0. The molecule has 0 bridgehead atoms. The molecule has 16 heavy (non-hydrogen) atoms. The third-order valence-electron chi connectivity index (χ3n) is 2.45. The monoisotopic (exact) mass is 218 g/mol. The number of rotatable bonds is 3. The lowest BCUT2D eigenvalue weighted by Crippen LogP contribution is -2.00. The maximum atomic E-state index is 9.90. The van der Waals surface area contributed by atoms with Crippen molar-refractivity contribution < 1.29 is 14.6 Å². The Balaban J connectivity index is 2.07. The Bertz CT molecular complexity index is 456. The molecule has 0 aliphatic rings. The maximum absolute atomic E-state index is 9.90. The first kappa shape index (κ1) is 10.8. The lowest BCUT2D eigenvalue weighted by atomic mass is 10.1. The van der Waals surface area contributed by atoms with Crippen LogP contribution >= 0.6 is 0 Å². The fraction of sp³-hybridized carbons (Fsp3) is 0.231. The lowest BCUT2D eigenvalue weighted by molar-refractivity contribution is 0.149. The lowest BCUT2D eigenvalue weighted by Gasteiger charge is -2.07. The molecule has 0 aliphatic carbocycles. The van der Waals surface area contributed by atoms with Crippen LogP contribution in [0.1, 0.15) is 23.2 Å². The molecule has 3 nitrogen and oxygen atoms in total. The summed E-state index contributed by atoms with van der Waals surface area (Å²) >= 11 is 0. The van der Waals surface area contributed by atoms with Crippen molar-refractivity contribution in [2.75, 3.05) is 0 Å². The van der Waals surface area contributed by atoms with Gasteiger partial charge < -0.3 is 14.6 Å². The molecule has 2 rings (SSSR count). The molecule has 0 saturated heterocycles. The summed E-state index contributed by atoms with van der Waals surface area (Å²) in [4.78, 5) is 0. The maximum Gasteiger partial charge on any atom is 0.132 e. The minimum atomic E-state index is -0.641. The number of furan rings is 1. The molecule has 0 amide bonds. The first-order valence-corrected chi connectivity index (χ1v) is 5.17. The third kappa shape index (κ3) is 2.44. The third-order valence-corrected chi connectivity index (χ3v) is 2.45. The van der Waals surface area contributed by atoms with Gasteiger partial charge in [-0.1, -0.05) is 12.1 Å². The first-order valence-electron chi connectivity index (χ1n) is 5.17. The number of aliphatic hydroxyl groups excluding tert-OH is 1. The minimum Gasteiger partial charge on any atom is -0.508 e. The van der Waals surface area contributed by atoms with Crippen molar-refractivity contribution in [3.8, 4) is 5.75 Å². The Morgan fingerprint density at radius 3 is 2.38 bits per heavy atom. The number of hydrogen-bond donors (Lipinski definition) is 2. The van der Waals surface area contributed by atoms with E-state index < -0.39 is 6.10 Å². The molecule has 2 aromatic rings. The van der Waals surface area contributed by atoms with Gasteiger partial charge in [0.15, 0.2) is 0 Å². The van der Waals surface area contributed by atoms with E-state index in [1.165, 1.54) is 0 Å². The SMILES string of the molecule is Cc1ccc(C(O)Cc2ccc(O)cc2)o1. The van der Waals surface area contributed by atoms with Crippen LogP contribution in [0.15, 0.2) is 40.8 Å². The summed E-state index contributed by atoms with van der Waals surface area (Å²) < 4.78 is 5.34. The number of aryl methyl sites for hydroxylation is 1. The van der Waals surface area contributed by atoms with Crippen molar-refractivity contribution in [2.45, 2.75) is 19.4 Å². The Kier molecular flexibility index (Phi) is 2.97. The average Bonchev–Trinajstić information content (AvgIpc) is 2.68. The number of benzene rings is 1. The van der Waals surface area contributed by atoms with Crippen molar-refractivity contribution >= 4 is 0 Å². The van der Waals surface area contributed by atoms with E-state index in [0.717, 1.165) is 11.3 Å². The highest BCUT2D eigenvalue weighted by Gasteiger charge is 2.12. The van der Waals surface area contributed by atoms with Crippen molar-refractivity contribution in [3.63, 3.8) is 0 Å². The smallest absolute Gasteiger partial charge is 0.132 e. The summed E-state index contributed by atoms with van der Waals surface area (Å²) in [6.45, 7) is 1.84. The number of phenols is 1. The summed E-state index contributed by atoms with van der Waals surface area (Å²) in [6.07, 6.45) is -0.161. The summed E-state index contributed by atoms with van der Waals surface area (Å²) in [6, 6.07) is 10.4. The molecule has 1 atom stereocenters. The van der Waals surface area contributed by atoms with E-state index in [1.54, 1.807) is 30.3 Å². The number of hydrogen-bond acceptors (Lipinski definition) is 3. The zero-order chi connectivity index (χ0) is 11.5. The second kappa shape index (κ2) is 4.41. The molecular weight excluding hydrogens is 204 g/mol. The van der Waals surface area contributed by atoms with Crippen molar-refractivity contribution in [1.29, 1.82) is 0 Å². The van der Waals surface area contributed by atoms with Gasteiger partial charge in [-0.2, -0.15) is 0 Å².